The number of hydrogen-bond acceptors (Lipinski definition) is 4. The molecule has 0 atom stereocenters. The fraction of sp³-hybridized carbons (Fsp3) is 0.103. The molecule has 4 aromatic rings. The summed E-state index contributed by atoms with van der Waals surface area (Å²) in [4.78, 5) is 13.0. The summed E-state index contributed by atoms with van der Waals surface area (Å²) in [5.74, 6) is 0.824. The normalized spacial score (nSPS) is 10.4. The van der Waals surface area contributed by atoms with Gasteiger partial charge in [-0.05, 0) is 53.7 Å². The second-order valence-electron chi connectivity index (χ2n) is 7.93. The third-order valence-electron chi connectivity index (χ3n) is 5.24. The summed E-state index contributed by atoms with van der Waals surface area (Å²) < 4.78 is 12.6. The lowest BCUT2D eigenvalue weighted by atomic mass is 10.1. The van der Waals surface area contributed by atoms with Crippen molar-refractivity contribution in [1.29, 1.82) is 0 Å². The van der Waals surface area contributed by atoms with E-state index in [1.54, 1.807) is 12.1 Å². The number of hydrogen-bond donors (Lipinski definition) is 2. The van der Waals surface area contributed by atoms with Crippen LogP contribution in [-0.2, 0) is 13.0 Å². The molecular formula is C29H25BrN2O3S. The fourth-order valence-corrected chi connectivity index (χ4v) is 4.04. The fourth-order valence-electron chi connectivity index (χ4n) is 3.47. The van der Waals surface area contributed by atoms with Gasteiger partial charge in [0.2, 0.25) is 0 Å². The summed E-state index contributed by atoms with van der Waals surface area (Å²) in [6.07, 6.45) is 0.737. The average Bonchev–Trinajstić information content (AvgIpc) is 2.89. The highest BCUT2D eigenvalue weighted by Crippen LogP contribution is 2.24. The molecule has 0 aliphatic heterocycles. The van der Waals surface area contributed by atoms with Crippen LogP contribution < -0.4 is 20.1 Å². The summed E-state index contributed by atoms with van der Waals surface area (Å²) in [6.45, 7) is 0.909. The van der Waals surface area contributed by atoms with Crippen molar-refractivity contribution in [2.75, 3.05) is 11.9 Å². The Bertz CT molecular complexity index is 1320. The van der Waals surface area contributed by atoms with Gasteiger partial charge in [0.15, 0.2) is 5.11 Å². The number of anilines is 1. The molecule has 5 nitrogen and oxygen atoms in total. The molecule has 0 aliphatic rings. The van der Waals surface area contributed by atoms with E-state index >= 15 is 0 Å². The first-order chi connectivity index (χ1) is 17.6. The molecule has 4 rings (SSSR count). The molecule has 0 fully saturated rings. The number of halogens is 1. The zero-order chi connectivity index (χ0) is 25.2. The lowest BCUT2D eigenvalue weighted by molar-refractivity contribution is 0.0973. The first-order valence-electron chi connectivity index (χ1n) is 11.4. The predicted octanol–water partition coefficient (Wildman–Crippen LogP) is 6.78. The lowest BCUT2D eigenvalue weighted by Crippen LogP contribution is -2.34. The van der Waals surface area contributed by atoms with Gasteiger partial charge in [0, 0.05) is 22.6 Å². The van der Waals surface area contributed by atoms with Crippen LogP contribution in [0, 0.1) is 0 Å². The Balaban J connectivity index is 1.34. The van der Waals surface area contributed by atoms with Gasteiger partial charge in [-0.1, -0.05) is 82.7 Å². The Morgan fingerprint density at radius 2 is 1.53 bits per heavy atom. The minimum absolute atomic E-state index is 0.176. The molecule has 0 unspecified atom stereocenters. The van der Waals surface area contributed by atoms with Gasteiger partial charge in [0.1, 0.15) is 18.1 Å². The third-order valence-corrected chi connectivity index (χ3v) is 5.94. The molecule has 1 amide bonds. The number of nitrogens with one attached hydrogen (secondary N) is 2. The number of carbonyl (C=O) groups is 1. The molecule has 0 radical (unpaired) electrons. The second-order valence-corrected chi connectivity index (χ2v) is 9.26. The smallest absolute Gasteiger partial charge is 0.261 e. The lowest BCUT2D eigenvalue weighted by Gasteiger charge is -2.14. The summed E-state index contributed by atoms with van der Waals surface area (Å²) in [5.41, 5.74) is 3.34. The van der Waals surface area contributed by atoms with Crippen molar-refractivity contribution in [2.24, 2.45) is 0 Å². The van der Waals surface area contributed by atoms with Crippen molar-refractivity contribution >= 4 is 44.9 Å². The highest BCUT2D eigenvalue weighted by atomic mass is 79.9. The molecule has 182 valence electrons. The number of benzene rings is 4. The van der Waals surface area contributed by atoms with E-state index in [-0.39, 0.29) is 11.0 Å². The third kappa shape index (κ3) is 7.66. The second kappa shape index (κ2) is 12.9. The highest BCUT2D eigenvalue weighted by molar-refractivity contribution is 9.10. The van der Waals surface area contributed by atoms with Crippen molar-refractivity contribution in [3.05, 3.63) is 124 Å². The van der Waals surface area contributed by atoms with Gasteiger partial charge in [-0.15, -0.1) is 0 Å². The van der Waals surface area contributed by atoms with E-state index in [9.17, 15) is 4.79 Å². The molecule has 0 saturated heterocycles. The topological polar surface area (TPSA) is 59.6 Å². The van der Waals surface area contributed by atoms with Gasteiger partial charge in [-0.3, -0.25) is 10.1 Å². The van der Waals surface area contributed by atoms with Crippen LogP contribution in [0.3, 0.4) is 0 Å². The van der Waals surface area contributed by atoms with E-state index in [1.165, 1.54) is 5.56 Å². The van der Waals surface area contributed by atoms with E-state index < -0.39 is 0 Å². The molecule has 7 heteroatoms. The SMILES string of the molecule is O=C(NC(=S)Nc1cccc(OCc2ccccc2)c1)c1cc(Br)ccc1OCCc1ccccc1. The van der Waals surface area contributed by atoms with Crippen molar-refractivity contribution < 1.29 is 14.3 Å². The molecule has 0 aliphatic carbocycles. The maximum atomic E-state index is 13.0. The van der Waals surface area contributed by atoms with Crippen molar-refractivity contribution in [2.45, 2.75) is 13.0 Å². The van der Waals surface area contributed by atoms with Gasteiger partial charge in [0.25, 0.3) is 5.91 Å². The van der Waals surface area contributed by atoms with Gasteiger partial charge >= 0.3 is 0 Å². The molecule has 4 aromatic carbocycles. The van der Waals surface area contributed by atoms with Crippen molar-refractivity contribution in [3.8, 4) is 11.5 Å². The van der Waals surface area contributed by atoms with E-state index in [1.807, 2.05) is 91.0 Å². The van der Waals surface area contributed by atoms with Crippen LogP contribution in [0.1, 0.15) is 21.5 Å². The summed E-state index contributed by atoms with van der Waals surface area (Å²) >= 11 is 8.82. The Labute approximate surface area is 224 Å². The van der Waals surface area contributed by atoms with E-state index in [0.717, 1.165) is 16.5 Å². The van der Waals surface area contributed by atoms with Crippen LogP contribution >= 0.6 is 28.1 Å². The quantitative estimate of drug-likeness (QED) is 0.221. The Morgan fingerprint density at radius 1 is 0.806 bits per heavy atom. The summed E-state index contributed by atoms with van der Waals surface area (Å²) in [5, 5.41) is 5.96. The Hall–Kier alpha value is -3.68. The first-order valence-corrected chi connectivity index (χ1v) is 12.6. The molecule has 36 heavy (non-hydrogen) atoms. The Morgan fingerprint density at radius 3 is 2.28 bits per heavy atom. The molecule has 0 spiro atoms. The highest BCUT2D eigenvalue weighted by Gasteiger charge is 2.15. The number of rotatable bonds is 9. The number of thiocarbonyl (C=S) groups is 1. The zero-order valence-electron chi connectivity index (χ0n) is 19.4. The van der Waals surface area contributed by atoms with Crippen LogP contribution in [0.25, 0.3) is 0 Å². The van der Waals surface area contributed by atoms with Crippen LogP contribution in [0.2, 0.25) is 0 Å². The minimum atomic E-state index is -0.361. The Kier molecular flexibility index (Phi) is 9.08. The molecule has 0 bridgehead atoms. The standard InChI is InChI=1S/C29H25BrN2O3S/c30-23-14-15-27(34-17-16-21-8-3-1-4-9-21)26(18-23)28(33)32-29(36)31-24-12-7-13-25(19-24)35-20-22-10-5-2-6-11-22/h1-15,18-19H,16-17,20H2,(H2,31,32,33,36). The van der Waals surface area contributed by atoms with Gasteiger partial charge in [0.05, 0.1) is 12.2 Å². The maximum Gasteiger partial charge on any atom is 0.261 e. The van der Waals surface area contributed by atoms with E-state index in [0.29, 0.717) is 36.0 Å². The summed E-state index contributed by atoms with van der Waals surface area (Å²) in [7, 11) is 0. The average molecular weight is 562 g/mol. The largest absolute Gasteiger partial charge is 0.492 e. The van der Waals surface area contributed by atoms with Crippen molar-refractivity contribution in [3.63, 3.8) is 0 Å². The van der Waals surface area contributed by atoms with Crippen molar-refractivity contribution in [1.82, 2.24) is 5.32 Å². The number of ether oxygens (including phenoxy) is 2. The van der Waals surface area contributed by atoms with Crippen LogP contribution in [-0.4, -0.2) is 17.6 Å². The minimum Gasteiger partial charge on any atom is -0.492 e. The molecule has 0 saturated carbocycles. The monoisotopic (exact) mass is 560 g/mol. The molecular weight excluding hydrogens is 536 g/mol. The van der Waals surface area contributed by atoms with Crippen LogP contribution in [0.15, 0.2) is 108 Å². The maximum absolute atomic E-state index is 13.0. The summed E-state index contributed by atoms with van der Waals surface area (Å²) in [6, 6.07) is 32.7. The predicted molar refractivity (Wildman–Crippen MR) is 151 cm³/mol. The molecule has 2 N–H and O–H groups in total. The number of carbonyl (C=O) groups excluding carboxylic acids is 1. The molecule has 0 heterocycles. The van der Waals surface area contributed by atoms with E-state index in [2.05, 4.69) is 26.6 Å². The first kappa shape index (κ1) is 25.4. The zero-order valence-corrected chi connectivity index (χ0v) is 21.8. The van der Waals surface area contributed by atoms with Crippen LogP contribution in [0.4, 0.5) is 5.69 Å². The molecule has 0 aromatic heterocycles. The van der Waals surface area contributed by atoms with Gasteiger partial charge < -0.3 is 14.8 Å². The van der Waals surface area contributed by atoms with Gasteiger partial charge in [-0.2, -0.15) is 0 Å². The number of amides is 1. The van der Waals surface area contributed by atoms with Gasteiger partial charge in [-0.25, -0.2) is 0 Å². The van der Waals surface area contributed by atoms with Crippen LogP contribution in [0.5, 0.6) is 11.5 Å². The van der Waals surface area contributed by atoms with E-state index in [4.69, 9.17) is 21.7 Å².